The van der Waals surface area contributed by atoms with Crippen LogP contribution in [-0.4, -0.2) is 32.8 Å². The highest BCUT2D eigenvalue weighted by Gasteiger charge is 2.12. The number of hydrogen-bond donors (Lipinski definition) is 0. The number of esters is 1. The first-order chi connectivity index (χ1) is 12.1. The fourth-order valence-electron chi connectivity index (χ4n) is 2.41. The van der Waals surface area contributed by atoms with E-state index in [1.54, 1.807) is 0 Å². The number of carbonyl (C=O) groups is 1. The largest absolute Gasteiger partial charge is 0.481 e. The summed E-state index contributed by atoms with van der Waals surface area (Å²) in [6.45, 7) is 3.67. The molecule has 0 aliphatic carbocycles. The zero-order valence-corrected chi connectivity index (χ0v) is 14.0. The van der Waals surface area contributed by atoms with Crippen molar-refractivity contribution in [3.8, 4) is 11.4 Å². The summed E-state index contributed by atoms with van der Waals surface area (Å²) in [7, 11) is 0. The van der Waals surface area contributed by atoms with Crippen molar-refractivity contribution in [3.05, 3.63) is 65.5 Å². The van der Waals surface area contributed by atoms with E-state index in [0.29, 0.717) is 11.6 Å². The lowest BCUT2D eigenvalue weighted by Crippen LogP contribution is -2.17. The van der Waals surface area contributed by atoms with Gasteiger partial charge in [-0.25, -0.2) is 4.79 Å². The monoisotopic (exact) mass is 338 g/mol. The smallest absolute Gasteiger partial charge is 0.344 e. The van der Waals surface area contributed by atoms with Gasteiger partial charge in [0.15, 0.2) is 19.0 Å². The Morgan fingerprint density at radius 3 is 2.48 bits per heavy atom. The topological polar surface area (TPSA) is 79.1 Å². The van der Waals surface area contributed by atoms with E-state index in [0.717, 1.165) is 16.8 Å². The van der Waals surface area contributed by atoms with Gasteiger partial charge < -0.3 is 9.47 Å². The molecule has 0 unspecified atom stereocenters. The van der Waals surface area contributed by atoms with Crippen LogP contribution >= 0.6 is 0 Å². The van der Waals surface area contributed by atoms with Gasteiger partial charge in [0.1, 0.15) is 5.75 Å². The number of tetrazole rings is 1. The minimum Gasteiger partial charge on any atom is -0.481 e. The first kappa shape index (κ1) is 16.6. The normalized spacial score (nSPS) is 10.5. The van der Waals surface area contributed by atoms with Gasteiger partial charge in [0.25, 0.3) is 0 Å². The van der Waals surface area contributed by atoms with Crippen molar-refractivity contribution in [1.29, 1.82) is 0 Å². The molecule has 0 saturated heterocycles. The van der Waals surface area contributed by atoms with E-state index >= 15 is 0 Å². The summed E-state index contributed by atoms with van der Waals surface area (Å²) >= 11 is 0. The van der Waals surface area contributed by atoms with Crippen LogP contribution in [-0.2, 0) is 16.1 Å². The van der Waals surface area contributed by atoms with Crippen LogP contribution in [0.5, 0.6) is 5.75 Å². The lowest BCUT2D eigenvalue weighted by Gasteiger charge is -2.11. The molecule has 0 amide bonds. The van der Waals surface area contributed by atoms with Gasteiger partial charge >= 0.3 is 5.97 Å². The molecular formula is C18H18N4O3. The zero-order chi connectivity index (χ0) is 17.6. The van der Waals surface area contributed by atoms with Gasteiger partial charge in [0.05, 0.1) is 5.69 Å². The van der Waals surface area contributed by atoms with Gasteiger partial charge in [-0.3, -0.25) is 0 Å². The molecule has 2 aromatic carbocycles. The van der Waals surface area contributed by atoms with Gasteiger partial charge in [-0.15, -0.1) is 5.10 Å². The summed E-state index contributed by atoms with van der Waals surface area (Å²) in [5, 5.41) is 11.4. The van der Waals surface area contributed by atoms with Gasteiger partial charge in [0.2, 0.25) is 0 Å². The molecule has 0 atom stereocenters. The highest BCUT2D eigenvalue weighted by Crippen LogP contribution is 2.22. The molecule has 0 N–H and O–H groups in total. The van der Waals surface area contributed by atoms with Gasteiger partial charge in [0, 0.05) is 0 Å². The molecule has 1 heterocycles. The maximum atomic E-state index is 12.0. The number of aryl methyl sites for hydroxylation is 2. The summed E-state index contributed by atoms with van der Waals surface area (Å²) in [6.07, 6.45) is 0. The predicted molar refractivity (Wildman–Crippen MR) is 90.4 cm³/mol. The molecule has 1 aromatic heterocycles. The number of benzene rings is 2. The Morgan fingerprint density at radius 2 is 1.76 bits per heavy atom. The van der Waals surface area contributed by atoms with Crippen molar-refractivity contribution in [2.75, 3.05) is 6.61 Å². The molecule has 128 valence electrons. The van der Waals surface area contributed by atoms with E-state index in [4.69, 9.17) is 9.47 Å². The first-order valence-corrected chi connectivity index (χ1v) is 7.82. The molecule has 0 radical (unpaired) electrons. The molecule has 7 nitrogen and oxygen atoms in total. The third-order valence-corrected chi connectivity index (χ3v) is 3.64. The fraction of sp³-hybridized carbons (Fsp3) is 0.222. The van der Waals surface area contributed by atoms with Gasteiger partial charge in [-0.2, -0.15) is 4.68 Å². The van der Waals surface area contributed by atoms with Crippen LogP contribution in [0.3, 0.4) is 0 Å². The zero-order valence-electron chi connectivity index (χ0n) is 14.0. The SMILES string of the molecule is Cc1cccc(C)c1OCC(=O)OCc1nnnn1-c1ccccc1. The van der Waals surface area contributed by atoms with Crippen molar-refractivity contribution in [2.24, 2.45) is 0 Å². The lowest BCUT2D eigenvalue weighted by molar-refractivity contribution is -0.147. The van der Waals surface area contributed by atoms with Crippen LogP contribution in [0.15, 0.2) is 48.5 Å². The Hall–Kier alpha value is -3.22. The highest BCUT2D eigenvalue weighted by atomic mass is 16.6. The summed E-state index contributed by atoms with van der Waals surface area (Å²) < 4.78 is 12.3. The van der Waals surface area contributed by atoms with E-state index in [1.165, 1.54) is 4.68 Å². The third kappa shape index (κ3) is 4.00. The number of carbonyl (C=O) groups excluding carboxylic acids is 1. The van der Waals surface area contributed by atoms with Crippen LogP contribution in [0.2, 0.25) is 0 Å². The van der Waals surface area contributed by atoms with Crippen molar-refractivity contribution in [1.82, 2.24) is 20.2 Å². The fourth-order valence-corrected chi connectivity index (χ4v) is 2.41. The maximum Gasteiger partial charge on any atom is 0.344 e. The Labute approximate surface area is 145 Å². The number of aromatic nitrogens is 4. The van der Waals surface area contributed by atoms with Crippen LogP contribution in [0.1, 0.15) is 17.0 Å². The summed E-state index contributed by atoms with van der Waals surface area (Å²) in [5.74, 6) is 0.658. The van der Waals surface area contributed by atoms with Gasteiger partial charge in [-0.1, -0.05) is 36.4 Å². The third-order valence-electron chi connectivity index (χ3n) is 3.64. The molecule has 25 heavy (non-hydrogen) atoms. The second-order valence-electron chi connectivity index (χ2n) is 5.51. The van der Waals surface area contributed by atoms with E-state index in [1.807, 2.05) is 62.4 Å². The van der Waals surface area contributed by atoms with Crippen molar-refractivity contribution in [2.45, 2.75) is 20.5 Å². The van der Waals surface area contributed by atoms with E-state index in [-0.39, 0.29) is 13.2 Å². The van der Waals surface area contributed by atoms with Crippen molar-refractivity contribution in [3.63, 3.8) is 0 Å². The van der Waals surface area contributed by atoms with E-state index in [9.17, 15) is 4.79 Å². The van der Waals surface area contributed by atoms with Crippen molar-refractivity contribution >= 4 is 5.97 Å². The minimum absolute atomic E-state index is 0.0309. The second kappa shape index (κ2) is 7.57. The summed E-state index contributed by atoms with van der Waals surface area (Å²) in [6, 6.07) is 15.2. The number of para-hydroxylation sites is 2. The number of hydrogen-bond acceptors (Lipinski definition) is 6. The maximum absolute atomic E-state index is 12.0. The summed E-state index contributed by atoms with van der Waals surface area (Å²) in [4.78, 5) is 12.0. The molecule has 3 aromatic rings. The molecule has 0 aliphatic rings. The molecule has 0 saturated carbocycles. The van der Waals surface area contributed by atoms with Gasteiger partial charge in [-0.05, 0) is 47.5 Å². The van der Waals surface area contributed by atoms with Crippen LogP contribution < -0.4 is 4.74 Å². The molecule has 0 bridgehead atoms. The van der Waals surface area contributed by atoms with Crippen molar-refractivity contribution < 1.29 is 14.3 Å². The highest BCUT2D eigenvalue weighted by molar-refractivity contribution is 5.71. The first-order valence-electron chi connectivity index (χ1n) is 7.82. The molecule has 3 rings (SSSR count). The Balaban J connectivity index is 1.58. The quantitative estimate of drug-likeness (QED) is 0.642. The van der Waals surface area contributed by atoms with E-state index in [2.05, 4.69) is 15.5 Å². The molecule has 0 spiro atoms. The Morgan fingerprint density at radius 1 is 1.04 bits per heavy atom. The Bertz CT molecular complexity index is 842. The number of nitrogens with zero attached hydrogens (tertiary/aromatic N) is 4. The lowest BCUT2D eigenvalue weighted by atomic mass is 10.1. The minimum atomic E-state index is -0.481. The standard InChI is InChI=1S/C18H18N4O3/c1-13-7-6-8-14(2)18(13)25-12-17(23)24-11-16-19-20-21-22(16)15-9-4-3-5-10-15/h3-10H,11-12H2,1-2H3. The molecule has 0 aliphatic heterocycles. The molecular weight excluding hydrogens is 320 g/mol. The Kier molecular flexibility index (Phi) is 5.03. The predicted octanol–water partition coefficient (Wildman–Crippen LogP) is 2.40. The van der Waals surface area contributed by atoms with Crippen LogP contribution in [0, 0.1) is 13.8 Å². The molecule has 0 fully saturated rings. The average Bonchev–Trinajstić information content (AvgIpc) is 3.09. The van der Waals surface area contributed by atoms with Crippen LogP contribution in [0.4, 0.5) is 0 Å². The number of rotatable bonds is 6. The molecule has 7 heteroatoms. The van der Waals surface area contributed by atoms with E-state index < -0.39 is 5.97 Å². The average molecular weight is 338 g/mol. The van der Waals surface area contributed by atoms with Crippen LogP contribution in [0.25, 0.3) is 5.69 Å². The second-order valence-corrected chi connectivity index (χ2v) is 5.51. The summed E-state index contributed by atoms with van der Waals surface area (Å²) in [5.41, 5.74) is 2.74. The number of ether oxygens (including phenoxy) is 2.